The average molecular weight is 285 g/mol. The molecule has 5 heteroatoms. The molecule has 1 saturated heterocycles. The van der Waals surface area contributed by atoms with Crippen LogP contribution in [-0.4, -0.2) is 43.3 Å². The molecule has 0 atom stereocenters. The number of anilines is 1. The minimum Gasteiger partial charge on any atom is -0.478 e. The maximum atomic E-state index is 5.67. The summed E-state index contributed by atoms with van der Waals surface area (Å²) in [5.74, 6) is 2.25. The maximum absolute atomic E-state index is 5.67. The molecule has 0 radical (unpaired) electrons. The van der Waals surface area contributed by atoms with Crippen LogP contribution in [0.5, 0.6) is 5.88 Å². The lowest BCUT2D eigenvalue weighted by Gasteiger charge is -2.32. The summed E-state index contributed by atoms with van der Waals surface area (Å²) < 4.78 is 11.1. The van der Waals surface area contributed by atoms with Crippen LogP contribution in [0.15, 0.2) is 18.2 Å². The van der Waals surface area contributed by atoms with E-state index in [1.165, 1.54) is 0 Å². The van der Waals surface area contributed by atoms with Crippen LogP contribution in [0.2, 0.25) is 0 Å². The number of hydrogen-bond acceptors (Lipinski definition) is 4. The predicted molar refractivity (Wildman–Crippen MR) is 77.3 cm³/mol. The molecule has 0 spiro atoms. The van der Waals surface area contributed by atoms with Gasteiger partial charge in [-0.1, -0.05) is 6.07 Å². The Morgan fingerprint density at radius 1 is 1.37 bits per heavy atom. The summed E-state index contributed by atoms with van der Waals surface area (Å²) >= 11 is 5.63. The first-order chi connectivity index (χ1) is 9.33. The zero-order valence-electron chi connectivity index (χ0n) is 11.3. The molecule has 0 N–H and O–H groups in total. The van der Waals surface area contributed by atoms with Gasteiger partial charge in [0.2, 0.25) is 5.88 Å². The fourth-order valence-electron chi connectivity index (χ4n) is 2.27. The van der Waals surface area contributed by atoms with Gasteiger partial charge in [0.1, 0.15) is 5.82 Å². The van der Waals surface area contributed by atoms with Gasteiger partial charge in [0.15, 0.2) is 0 Å². The van der Waals surface area contributed by atoms with Gasteiger partial charge in [-0.25, -0.2) is 0 Å². The highest BCUT2D eigenvalue weighted by molar-refractivity contribution is 6.17. The number of ether oxygens (including phenoxy) is 2. The number of hydrogen-bond donors (Lipinski definition) is 0. The fourth-order valence-corrected chi connectivity index (χ4v) is 2.36. The molecule has 0 unspecified atom stereocenters. The van der Waals surface area contributed by atoms with E-state index in [-0.39, 0.29) is 0 Å². The lowest BCUT2D eigenvalue weighted by Crippen LogP contribution is -2.37. The molecule has 19 heavy (non-hydrogen) atoms. The highest BCUT2D eigenvalue weighted by atomic mass is 35.5. The van der Waals surface area contributed by atoms with Crippen LogP contribution >= 0.6 is 11.6 Å². The third kappa shape index (κ3) is 4.25. The molecule has 0 aliphatic carbocycles. The van der Waals surface area contributed by atoms with Crippen LogP contribution in [0, 0.1) is 0 Å². The summed E-state index contributed by atoms with van der Waals surface area (Å²) in [6, 6.07) is 5.91. The van der Waals surface area contributed by atoms with Crippen LogP contribution < -0.4 is 9.64 Å². The van der Waals surface area contributed by atoms with E-state index in [9.17, 15) is 0 Å². The van der Waals surface area contributed by atoms with Crippen molar-refractivity contribution in [2.45, 2.75) is 25.9 Å². The van der Waals surface area contributed by atoms with Gasteiger partial charge >= 0.3 is 0 Å². The maximum Gasteiger partial charge on any atom is 0.215 e. The first-order valence-electron chi connectivity index (χ1n) is 6.86. The molecule has 106 valence electrons. The van der Waals surface area contributed by atoms with Crippen molar-refractivity contribution in [3.63, 3.8) is 0 Å². The number of pyridine rings is 1. The van der Waals surface area contributed by atoms with Gasteiger partial charge in [0, 0.05) is 25.0 Å². The summed E-state index contributed by atoms with van der Waals surface area (Å²) in [6.07, 6.45) is 2.39. The Bertz CT molecular complexity index is 381. The molecule has 0 amide bonds. The molecule has 0 aromatic carbocycles. The molecule has 0 saturated carbocycles. The summed E-state index contributed by atoms with van der Waals surface area (Å²) in [4.78, 5) is 6.80. The molecule has 2 heterocycles. The van der Waals surface area contributed by atoms with E-state index in [2.05, 4.69) is 9.88 Å². The molecule has 1 aliphatic rings. The summed E-state index contributed by atoms with van der Waals surface area (Å²) in [6.45, 7) is 5.19. The largest absolute Gasteiger partial charge is 0.478 e. The fraction of sp³-hybridized carbons (Fsp3) is 0.643. The van der Waals surface area contributed by atoms with Crippen LogP contribution in [-0.2, 0) is 4.74 Å². The monoisotopic (exact) mass is 284 g/mol. The quantitative estimate of drug-likeness (QED) is 0.753. The normalized spacial score (nSPS) is 16.6. The van der Waals surface area contributed by atoms with Gasteiger partial charge in [-0.2, -0.15) is 4.98 Å². The van der Waals surface area contributed by atoms with Crippen molar-refractivity contribution in [1.29, 1.82) is 0 Å². The van der Waals surface area contributed by atoms with Crippen LogP contribution in [0.25, 0.3) is 0 Å². The Balaban J connectivity index is 1.88. The van der Waals surface area contributed by atoms with E-state index in [0.717, 1.165) is 31.7 Å². The average Bonchev–Trinajstić information content (AvgIpc) is 2.46. The van der Waals surface area contributed by atoms with Crippen LogP contribution in [0.3, 0.4) is 0 Å². The number of aromatic nitrogens is 1. The number of rotatable bonds is 6. The first kappa shape index (κ1) is 14.4. The summed E-state index contributed by atoms with van der Waals surface area (Å²) in [5, 5.41) is 0. The molecule has 4 nitrogen and oxygen atoms in total. The van der Waals surface area contributed by atoms with Crippen molar-refractivity contribution in [3.05, 3.63) is 18.2 Å². The van der Waals surface area contributed by atoms with E-state index in [1.54, 1.807) is 0 Å². The topological polar surface area (TPSA) is 34.6 Å². The van der Waals surface area contributed by atoms with Gasteiger partial charge in [0.05, 0.1) is 19.3 Å². The zero-order chi connectivity index (χ0) is 13.5. The Labute approximate surface area is 119 Å². The standard InChI is InChI=1S/C14H21ClN2O2/c1-2-18-14-5-3-4-13(16-14)17-9-6-12(7-10-17)19-11-8-15/h3-5,12H,2,6-11H2,1H3. The van der Waals surface area contributed by atoms with Gasteiger partial charge in [-0.3, -0.25) is 0 Å². The second-order valence-electron chi connectivity index (χ2n) is 4.51. The van der Waals surface area contributed by atoms with Gasteiger partial charge in [-0.05, 0) is 25.8 Å². The third-order valence-corrected chi connectivity index (χ3v) is 3.35. The van der Waals surface area contributed by atoms with Crippen LogP contribution in [0.1, 0.15) is 19.8 Å². The Hall–Kier alpha value is -1.00. The van der Waals surface area contributed by atoms with Gasteiger partial charge in [0.25, 0.3) is 0 Å². The molecule has 2 rings (SSSR count). The van der Waals surface area contributed by atoms with E-state index in [0.29, 0.717) is 31.1 Å². The molecular formula is C14H21ClN2O2. The van der Waals surface area contributed by atoms with Crippen molar-refractivity contribution in [2.24, 2.45) is 0 Å². The molecule has 1 aromatic rings. The second kappa shape index (κ2) is 7.56. The second-order valence-corrected chi connectivity index (χ2v) is 4.89. The van der Waals surface area contributed by atoms with Crippen LogP contribution in [0.4, 0.5) is 5.82 Å². The highest BCUT2D eigenvalue weighted by Gasteiger charge is 2.20. The Kier molecular flexibility index (Phi) is 5.73. The molecule has 1 aliphatic heterocycles. The van der Waals surface area contributed by atoms with E-state index >= 15 is 0 Å². The molecule has 0 bridgehead atoms. The summed E-state index contributed by atoms with van der Waals surface area (Å²) in [5.41, 5.74) is 0. The zero-order valence-corrected chi connectivity index (χ0v) is 12.1. The predicted octanol–water partition coefficient (Wildman–Crippen LogP) is 2.70. The van der Waals surface area contributed by atoms with Crippen molar-refractivity contribution < 1.29 is 9.47 Å². The van der Waals surface area contributed by atoms with Gasteiger partial charge < -0.3 is 14.4 Å². The Morgan fingerprint density at radius 2 is 2.16 bits per heavy atom. The number of piperidine rings is 1. The van der Waals surface area contributed by atoms with E-state index in [1.807, 2.05) is 25.1 Å². The minimum atomic E-state index is 0.338. The van der Waals surface area contributed by atoms with Crippen molar-refractivity contribution >= 4 is 17.4 Å². The smallest absolute Gasteiger partial charge is 0.215 e. The third-order valence-electron chi connectivity index (χ3n) is 3.20. The number of nitrogens with zero attached hydrogens (tertiary/aromatic N) is 2. The lowest BCUT2D eigenvalue weighted by molar-refractivity contribution is 0.0471. The number of halogens is 1. The van der Waals surface area contributed by atoms with Crippen molar-refractivity contribution in [2.75, 3.05) is 37.1 Å². The molecular weight excluding hydrogens is 264 g/mol. The van der Waals surface area contributed by atoms with Crippen molar-refractivity contribution in [1.82, 2.24) is 4.98 Å². The molecule has 1 fully saturated rings. The van der Waals surface area contributed by atoms with E-state index < -0.39 is 0 Å². The Morgan fingerprint density at radius 3 is 2.84 bits per heavy atom. The number of alkyl halides is 1. The highest BCUT2D eigenvalue weighted by Crippen LogP contribution is 2.21. The lowest BCUT2D eigenvalue weighted by atomic mass is 10.1. The van der Waals surface area contributed by atoms with Crippen molar-refractivity contribution in [3.8, 4) is 5.88 Å². The van der Waals surface area contributed by atoms with E-state index in [4.69, 9.17) is 21.1 Å². The minimum absolute atomic E-state index is 0.338. The SMILES string of the molecule is CCOc1cccc(N2CCC(OCCCl)CC2)n1. The first-order valence-corrected chi connectivity index (χ1v) is 7.39. The van der Waals surface area contributed by atoms with Gasteiger partial charge in [-0.15, -0.1) is 11.6 Å². The molecule has 1 aromatic heterocycles. The summed E-state index contributed by atoms with van der Waals surface area (Å²) in [7, 11) is 0.